The maximum absolute atomic E-state index is 14.1. The first-order chi connectivity index (χ1) is 27.6. The van der Waals surface area contributed by atoms with Crippen molar-refractivity contribution in [3.05, 3.63) is 101 Å². The molecule has 0 spiro atoms. The Morgan fingerprint density at radius 3 is 1.53 bits per heavy atom. The summed E-state index contributed by atoms with van der Waals surface area (Å²) >= 11 is 0. The van der Waals surface area contributed by atoms with Crippen molar-refractivity contribution in [2.45, 2.75) is 57.9 Å². The number of nitrogens with one attached hydrogen (secondary N) is 3. The van der Waals surface area contributed by atoms with Crippen LogP contribution in [-0.2, 0) is 51.4 Å². The quantitative estimate of drug-likeness (QED) is 0.0851. The second-order valence-corrected chi connectivity index (χ2v) is 16.2. The molecular weight excluding hydrogens is 725 g/mol. The van der Waals surface area contributed by atoms with Crippen molar-refractivity contribution in [1.29, 1.82) is 0 Å². The van der Waals surface area contributed by atoms with Gasteiger partial charge in [0.1, 0.15) is 5.75 Å². The van der Waals surface area contributed by atoms with Gasteiger partial charge in [0.25, 0.3) is 0 Å². The maximum Gasteiger partial charge on any atom is 0.307 e. The van der Waals surface area contributed by atoms with E-state index in [2.05, 4.69) is 16.0 Å². The molecule has 3 heterocycles. The van der Waals surface area contributed by atoms with Crippen LogP contribution in [0.15, 0.2) is 72.8 Å². The van der Waals surface area contributed by atoms with Gasteiger partial charge in [-0.3, -0.25) is 19.2 Å². The molecule has 3 aliphatic heterocycles. The molecule has 1 amide bonds. The summed E-state index contributed by atoms with van der Waals surface area (Å²) in [6.07, 6.45) is 4.47. The Kier molecular flexibility index (Phi) is 15.1. The van der Waals surface area contributed by atoms with E-state index < -0.39 is 35.7 Å². The lowest BCUT2D eigenvalue weighted by atomic mass is 9.86. The number of rotatable bonds is 21. The van der Waals surface area contributed by atoms with E-state index in [0.717, 1.165) is 66.7 Å². The highest BCUT2D eigenvalue weighted by Crippen LogP contribution is 2.28. The summed E-state index contributed by atoms with van der Waals surface area (Å²) in [5.41, 5.74) is 4.47. The molecule has 57 heavy (non-hydrogen) atoms. The summed E-state index contributed by atoms with van der Waals surface area (Å²) in [6.45, 7) is 5.69. The Bertz CT molecular complexity index is 1820. The first-order valence-corrected chi connectivity index (χ1v) is 20.6. The molecule has 0 radical (unpaired) electrons. The number of amides is 1. The largest absolute Gasteiger partial charge is 0.494 e. The minimum atomic E-state index is -0.798. The van der Waals surface area contributed by atoms with E-state index in [-0.39, 0.29) is 30.1 Å². The van der Waals surface area contributed by atoms with Gasteiger partial charge in [0, 0.05) is 13.1 Å². The number of carbonyl (C=O) groups excluding carboxylic acids is 1. The number of ether oxygens (including phenoxy) is 1. The van der Waals surface area contributed by atoms with E-state index in [0.29, 0.717) is 70.8 Å². The van der Waals surface area contributed by atoms with Gasteiger partial charge in [-0.05, 0) is 142 Å². The number of carbonyl (C=O) groups is 4. The lowest BCUT2D eigenvalue weighted by molar-refractivity contribution is -0.144. The predicted octanol–water partition coefficient (Wildman–Crippen LogP) is 4.29. The van der Waals surface area contributed by atoms with Gasteiger partial charge in [-0.2, -0.15) is 0 Å². The Balaban J connectivity index is 1.12. The van der Waals surface area contributed by atoms with Crippen LogP contribution >= 0.6 is 0 Å². The van der Waals surface area contributed by atoms with Gasteiger partial charge in [-0.25, -0.2) is 0 Å². The molecule has 12 nitrogen and oxygen atoms in total. The zero-order valence-corrected chi connectivity index (χ0v) is 32.7. The number of hydrogen-bond acceptors (Lipinski definition) is 8. The lowest BCUT2D eigenvalue weighted by Gasteiger charge is -2.24. The number of nitrogens with zero attached hydrogens (tertiary/aromatic N) is 1. The van der Waals surface area contributed by atoms with Crippen LogP contribution in [0.2, 0.25) is 0 Å². The van der Waals surface area contributed by atoms with Gasteiger partial charge in [0.2, 0.25) is 5.91 Å². The third kappa shape index (κ3) is 12.1. The Labute approximate surface area is 335 Å². The number of carboxylic acid groups (broad SMARTS) is 3. The molecule has 306 valence electrons. The van der Waals surface area contributed by atoms with Crippen LogP contribution in [0.25, 0.3) is 0 Å². The average molecular weight is 783 g/mol. The molecule has 0 aromatic heterocycles. The van der Waals surface area contributed by atoms with Crippen molar-refractivity contribution >= 4 is 23.8 Å². The van der Waals surface area contributed by atoms with E-state index >= 15 is 0 Å². The summed E-state index contributed by atoms with van der Waals surface area (Å²) in [5, 5.41) is 39.8. The van der Waals surface area contributed by atoms with Crippen LogP contribution in [0.3, 0.4) is 0 Å². The molecule has 3 saturated heterocycles. The normalized spacial score (nSPS) is 20.8. The fourth-order valence-corrected chi connectivity index (χ4v) is 8.92. The van der Waals surface area contributed by atoms with Crippen molar-refractivity contribution in [2.75, 3.05) is 52.4 Å². The zero-order valence-electron chi connectivity index (χ0n) is 32.7. The molecule has 6 atom stereocenters. The highest BCUT2D eigenvalue weighted by molar-refractivity contribution is 5.79. The summed E-state index contributed by atoms with van der Waals surface area (Å²) in [5.74, 6) is -3.00. The van der Waals surface area contributed by atoms with Crippen LogP contribution in [0, 0.1) is 35.5 Å². The van der Waals surface area contributed by atoms with Gasteiger partial charge in [0.05, 0.1) is 30.8 Å². The molecule has 3 aromatic rings. The maximum atomic E-state index is 14.1. The van der Waals surface area contributed by atoms with Gasteiger partial charge in [0.15, 0.2) is 0 Å². The van der Waals surface area contributed by atoms with Gasteiger partial charge >= 0.3 is 17.9 Å². The van der Waals surface area contributed by atoms with Crippen LogP contribution in [0.1, 0.15) is 53.5 Å². The molecule has 6 N–H and O–H groups in total. The number of hydrogen-bond donors (Lipinski definition) is 6. The van der Waals surface area contributed by atoms with E-state index in [9.17, 15) is 34.5 Å². The summed E-state index contributed by atoms with van der Waals surface area (Å²) in [4.78, 5) is 52.5. The molecule has 0 bridgehead atoms. The fourth-order valence-electron chi connectivity index (χ4n) is 8.92. The first kappa shape index (κ1) is 41.8. The highest BCUT2D eigenvalue weighted by Gasteiger charge is 2.33. The summed E-state index contributed by atoms with van der Waals surface area (Å²) in [6, 6.07) is 23.1. The van der Waals surface area contributed by atoms with Crippen LogP contribution in [-0.4, -0.2) is 96.5 Å². The predicted molar refractivity (Wildman–Crippen MR) is 216 cm³/mol. The first-order valence-electron chi connectivity index (χ1n) is 20.6. The molecule has 3 aromatic carbocycles. The highest BCUT2D eigenvalue weighted by atomic mass is 16.5. The van der Waals surface area contributed by atoms with Crippen molar-refractivity contribution in [3.63, 3.8) is 0 Å². The van der Waals surface area contributed by atoms with Crippen molar-refractivity contribution in [2.24, 2.45) is 35.5 Å². The second-order valence-electron chi connectivity index (χ2n) is 16.2. The Hall–Kier alpha value is -4.78. The van der Waals surface area contributed by atoms with E-state index in [1.807, 2.05) is 77.7 Å². The molecule has 6 rings (SSSR count). The minimum absolute atomic E-state index is 0.0699. The molecule has 3 fully saturated rings. The third-order valence-corrected chi connectivity index (χ3v) is 12.1. The SMILES string of the molecule is O=C(O)[C@@H](Cc1cccc(CN(CCCOc2cccc(C[C@H](C(=O)O)[C@H]3CCNC3)c2)C(=O)Cc2cccc(C[C@H](C(=O)O)[C@H]3CCNC3)c2)c1)[C@@H]1CCNC1. The number of aliphatic carboxylic acids is 3. The average Bonchev–Trinajstić information content (AvgIpc) is 4.02. The van der Waals surface area contributed by atoms with Gasteiger partial charge in [-0.15, -0.1) is 0 Å². The molecule has 0 saturated carbocycles. The Morgan fingerprint density at radius 2 is 1.05 bits per heavy atom. The van der Waals surface area contributed by atoms with Crippen LogP contribution < -0.4 is 20.7 Å². The van der Waals surface area contributed by atoms with Crippen LogP contribution in [0.4, 0.5) is 0 Å². The van der Waals surface area contributed by atoms with E-state index in [1.54, 1.807) is 0 Å². The standard InChI is InChI=1S/C45H58N4O8/c50-42(25-32-7-1-5-30(19-32)22-39(43(51)52)35-11-14-46-26-35)49(29-34-9-2-6-31(20-34)23-40(44(53)54)36-12-15-47-27-36)17-4-18-57-38-10-3-8-33(21-38)24-41(45(55)56)37-13-16-48-28-37/h1-3,5-10,19-21,35-37,39-41,46-48H,4,11-18,22-29H2,(H,51,52)(H,53,54)(H,55,56)/t35-,36+,37-,39-,40-,41-/m0/s1. The topological polar surface area (TPSA) is 178 Å². The minimum Gasteiger partial charge on any atom is -0.494 e. The molecule has 3 aliphatic rings. The second kappa shape index (κ2) is 20.6. The summed E-state index contributed by atoms with van der Waals surface area (Å²) < 4.78 is 6.15. The van der Waals surface area contributed by atoms with E-state index in [1.165, 1.54) is 0 Å². The van der Waals surface area contributed by atoms with Gasteiger partial charge < -0.3 is 40.9 Å². The zero-order chi connectivity index (χ0) is 40.1. The molecule has 0 aliphatic carbocycles. The smallest absolute Gasteiger partial charge is 0.307 e. The number of benzene rings is 3. The van der Waals surface area contributed by atoms with Crippen molar-refractivity contribution < 1.29 is 39.2 Å². The third-order valence-electron chi connectivity index (χ3n) is 12.1. The molecular formula is C45H58N4O8. The monoisotopic (exact) mass is 782 g/mol. The van der Waals surface area contributed by atoms with Gasteiger partial charge in [-0.1, -0.05) is 60.7 Å². The molecule has 12 heteroatoms. The fraction of sp³-hybridized carbons (Fsp3) is 0.511. The molecule has 0 unspecified atom stereocenters. The lowest BCUT2D eigenvalue weighted by Crippen LogP contribution is -2.33. The summed E-state index contributed by atoms with van der Waals surface area (Å²) in [7, 11) is 0. The van der Waals surface area contributed by atoms with E-state index in [4.69, 9.17) is 4.74 Å². The van der Waals surface area contributed by atoms with Crippen molar-refractivity contribution in [3.8, 4) is 5.75 Å². The number of carboxylic acids is 3. The Morgan fingerprint density at radius 1 is 0.614 bits per heavy atom. The van der Waals surface area contributed by atoms with Crippen LogP contribution in [0.5, 0.6) is 5.75 Å². The van der Waals surface area contributed by atoms with Crippen molar-refractivity contribution in [1.82, 2.24) is 20.9 Å².